The molecule has 0 bridgehead atoms. The van der Waals surface area contributed by atoms with E-state index in [0.29, 0.717) is 17.0 Å². The molecule has 102 valence electrons. The van der Waals surface area contributed by atoms with Crippen LogP contribution in [-0.4, -0.2) is 23.5 Å². The first-order chi connectivity index (χ1) is 9.72. The van der Waals surface area contributed by atoms with Gasteiger partial charge in [0.2, 0.25) is 0 Å². The largest absolute Gasteiger partial charge is 0.482 e. The van der Waals surface area contributed by atoms with Crippen molar-refractivity contribution in [3.63, 3.8) is 0 Å². The summed E-state index contributed by atoms with van der Waals surface area (Å²) in [5, 5.41) is 5.21. The number of carbonyl (C=O) groups is 2. The van der Waals surface area contributed by atoms with Crippen LogP contribution in [0.25, 0.3) is 0 Å². The van der Waals surface area contributed by atoms with Crippen molar-refractivity contribution in [2.75, 3.05) is 11.9 Å². The van der Waals surface area contributed by atoms with Gasteiger partial charge in [-0.25, -0.2) is 9.78 Å². The number of nitrogens with one attached hydrogen (secondary N) is 1. The average Bonchev–Trinajstić information content (AvgIpc) is 2.97. The number of benzene rings is 1. The number of anilines is 1. The van der Waals surface area contributed by atoms with Gasteiger partial charge in [0.25, 0.3) is 5.91 Å². The minimum atomic E-state index is -0.455. The van der Waals surface area contributed by atoms with Gasteiger partial charge in [-0.05, 0) is 18.2 Å². The number of ether oxygens (including phenoxy) is 2. The number of esters is 1. The topological polar surface area (TPSA) is 77.5 Å². The number of rotatable bonds is 3. The third kappa shape index (κ3) is 2.62. The lowest BCUT2D eigenvalue weighted by atomic mass is 10.1. The zero-order chi connectivity index (χ0) is 13.9. The van der Waals surface area contributed by atoms with Gasteiger partial charge in [-0.3, -0.25) is 4.79 Å². The number of amides is 1. The fraction of sp³-hybridized carbons (Fsp3) is 0.154. The van der Waals surface area contributed by atoms with E-state index >= 15 is 0 Å². The van der Waals surface area contributed by atoms with E-state index in [0.717, 1.165) is 5.01 Å². The second-order valence-corrected chi connectivity index (χ2v) is 5.03. The Labute approximate surface area is 118 Å². The van der Waals surface area contributed by atoms with Gasteiger partial charge in [0.05, 0.1) is 11.3 Å². The first kappa shape index (κ1) is 12.6. The molecule has 0 spiro atoms. The maximum absolute atomic E-state index is 11.9. The Bertz CT molecular complexity index is 654. The Morgan fingerprint density at radius 3 is 3.20 bits per heavy atom. The molecular formula is C13H10N2O4S. The van der Waals surface area contributed by atoms with E-state index in [1.807, 2.05) is 5.38 Å². The highest BCUT2D eigenvalue weighted by Crippen LogP contribution is 2.28. The van der Waals surface area contributed by atoms with Crippen LogP contribution < -0.4 is 10.1 Å². The van der Waals surface area contributed by atoms with E-state index in [1.165, 1.54) is 11.3 Å². The van der Waals surface area contributed by atoms with Crippen LogP contribution in [0.4, 0.5) is 5.69 Å². The molecule has 0 aliphatic carbocycles. The maximum atomic E-state index is 11.9. The molecule has 1 aliphatic heterocycles. The van der Waals surface area contributed by atoms with E-state index in [1.54, 1.807) is 24.4 Å². The van der Waals surface area contributed by atoms with Crippen molar-refractivity contribution < 1.29 is 19.1 Å². The Morgan fingerprint density at radius 1 is 1.50 bits per heavy atom. The number of hydrogen-bond acceptors (Lipinski definition) is 6. The molecule has 6 nitrogen and oxygen atoms in total. The van der Waals surface area contributed by atoms with Gasteiger partial charge in [-0.1, -0.05) is 0 Å². The fourth-order valence-corrected chi connectivity index (χ4v) is 2.26. The van der Waals surface area contributed by atoms with Crippen molar-refractivity contribution >= 4 is 28.9 Å². The molecule has 0 saturated heterocycles. The number of carbonyl (C=O) groups excluding carboxylic acids is 2. The SMILES string of the molecule is O=C1COc2cc(C(=O)OCc3nccs3)ccc2N1. The summed E-state index contributed by atoms with van der Waals surface area (Å²) in [5.74, 6) is -0.201. The molecule has 2 heterocycles. The minimum absolute atomic E-state index is 0.0510. The molecule has 0 radical (unpaired) electrons. The Kier molecular flexibility index (Phi) is 3.34. The number of aromatic nitrogens is 1. The predicted octanol–water partition coefficient (Wildman–Crippen LogP) is 1.83. The summed E-state index contributed by atoms with van der Waals surface area (Å²) in [6, 6.07) is 4.75. The molecule has 1 aliphatic rings. The molecule has 1 amide bonds. The summed E-state index contributed by atoms with van der Waals surface area (Å²) >= 11 is 1.42. The van der Waals surface area contributed by atoms with Crippen LogP contribution in [0.5, 0.6) is 5.75 Å². The van der Waals surface area contributed by atoms with Gasteiger partial charge < -0.3 is 14.8 Å². The molecule has 3 rings (SSSR count). The highest BCUT2D eigenvalue weighted by molar-refractivity contribution is 7.09. The molecule has 20 heavy (non-hydrogen) atoms. The maximum Gasteiger partial charge on any atom is 0.338 e. The Hall–Kier alpha value is -2.41. The van der Waals surface area contributed by atoms with E-state index in [2.05, 4.69) is 10.3 Å². The molecular weight excluding hydrogens is 280 g/mol. The van der Waals surface area contributed by atoms with Crippen LogP contribution in [0, 0.1) is 0 Å². The molecule has 7 heteroatoms. The third-order valence-corrected chi connectivity index (χ3v) is 3.41. The minimum Gasteiger partial charge on any atom is -0.482 e. The van der Waals surface area contributed by atoms with Crippen LogP contribution in [0.2, 0.25) is 0 Å². The van der Waals surface area contributed by atoms with Gasteiger partial charge in [0.1, 0.15) is 17.4 Å². The van der Waals surface area contributed by atoms with Crippen molar-refractivity contribution in [3.8, 4) is 5.75 Å². The highest BCUT2D eigenvalue weighted by Gasteiger charge is 2.18. The molecule has 1 N–H and O–H groups in total. The monoisotopic (exact) mass is 290 g/mol. The predicted molar refractivity (Wildman–Crippen MR) is 71.8 cm³/mol. The molecule has 0 atom stereocenters. The molecule has 1 aromatic heterocycles. The number of fused-ring (bicyclic) bond motifs is 1. The highest BCUT2D eigenvalue weighted by atomic mass is 32.1. The van der Waals surface area contributed by atoms with Crippen LogP contribution in [0.15, 0.2) is 29.8 Å². The number of nitrogens with zero attached hydrogens (tertiary/aromatic N) is 1. The summed E-state index contributed by atoms with van der Waals surface area (Å²) < 4.78 is 10.4. The standard InChI is InChI=1S/C13H10N2O4S/c16-11-6-18-10-5-8(1-2-9(10)15-11)13(17)19-7-12-14-3-4-20-12/h1-5H,6-7H2,(H,15,16). The van der Waals surface area contributed by atoms with Crippen molar-refractivity contribution in [3.05, 3.63) is 40.3 Å². The van der Waals surface area contributed by atoms with E-state index in [-0.39, 0.29) is 19.1 Å². The normalized spacial score (nSPS) is 13.1. The van der Waals surface area contributed by atoms with Gasteiger partial charge in [0, 0.05) is 11.6 Å². The smallest absolute Gasteiger partial charge is 0.338 e. The number of hydrogen-bond donors (Lipinski definition) is 1. The zero-order valence-corrected chi connectivity index (χ0v) is 11.1. The first-order valence-corrected chi connectivity index (χ1v) is 6.72. The van der Waals surface area contributed by atoms with Crippen LogP contribution in [0.3, 0.4) is 0 Å². The summed E-state index contributed by atoms with van der Waals surface area (Å²) in [7, 11) is 0. The molecule has 1 aromatic carbocycles. The van der Waals surface area contributed by atoms with Gasteiger partial charge in [-0.15, -0.1) is 11.3 Å². The molecule has 0 fully saturated rings. The van der Waals surface area contributed by atoms with Crippen LogP contribution in [-0.2, 0) is 16.1 Å². The van der Waals surface area contributed by atoms with Crippen LogP contribution >= 0.6 is 11.3 Å². The zero-order valence-electron chi connectivity index (χ0n) is 10.3. The summed E-state index contributed by atoms with van der Waals surface area (Å²) in [6.45, 7) is 0.0930. The fourth-order valence-electron chi connectivity index (χ4n) is 1.74. The number of thiazole rings is 1. The van der Waals surface area contributed by atoms with Gasteiger partial charge in [0.15, 0.2) is 6.61 Å². The van der Waals surface area contributed by atoms with E-state index < -0.39 is 5.97 Å². The third-order valence-electron chi connectivity index (χ3n) is 2.66. The van der Waals surface area contributed by atoms with E-state index in [4.69, 9.17) is 9.47 Å². The molecule has 0 unspecified atom stereocenters. The average molecular weight is 290 g/mol. The lowest BCUT2D eigenvalue weighted by Crippen LogP contribution is -2.25. The second kappa shape index (κ2) is 5.30. The quantitative estimate of drug-likeness (QED) is 0.873. The lowest BCUT2D eigenvalue weighted by molar-refractivity contribution is -0.118. The summed E-state index contributed by atoms with van der Waals surface area (Å²) in [6.07, 6.45) is 1.66. The second-order valence-electron chi connectivity index (χ2n) is 4.05. The molecule has 0 saturated carbocycles. The van der Waals surface area contributed by atoms with Crippen molar-refractivity contribution in [1.82, 2.24) is 4.98 Å². The van der Waals surface area contributed by atoms with Crippen molar-refractivity contribution in [1.29, 1.82) is 0 Å². The lowest BCUT2D eigenvalue weighted by Gasteiger charge is -2.18. The Balaban J connectivity index is 1.70. The Morgan fingerprint density at radius 2 is 2.40 bits per heavy atom. The summed E-state index contributed by atoms with van der Waals surface area (Å²) in [4.78, 5) is 27.1. The first-order valence-electron chi connectivity index (χ1n) is 5.84. The molecule has 2 aromatic rings. The van der Waals surface area contributed by atoms with Crippen molar-refractivity contribution in [2.24, 2.45) is 0 Å². The summed E-state index contributed by atoms with van der Waals surface area (Å²) in [5.41, 5.74) is 0.925. The van der Waals surface area contributed by atoms with E-state index in [9.17, 15) is 9.59 Å². The van der Waals surface area contributed by atoms with Crippen LogP contribution in [0.1, 0.15) is 15.4 Å². The van der Waals surface area contributed by atoms with Gasteiger partial charge in [-0.2, -0.15) is 0 Å². The van der Waals surface area contributed by atoms with Gasteiger partial charge >= 0.3 is 5.97 Å². The van der Waals surface area contributed by atoms with Crippen molar-refractivity contribution in [2.45, 2.75) is 6.61 Å².